The van der Waals surface area contributed by atoms with Crippen LogP contribution in [0.15, 0.2) is 12.1 Å². The van der Waals surface area contributed by atoms with E-state index in [9.17, 15) is 8.78 Å². The van der Waals surface area contributed by atoms with Crippen LogP contribution in [0.5, 0.6) is 11.5 Å². The molecular formula is C8H4BrClF2O2. The molecule has 76 valence electrons. The van der Waals surface area contributed by atoms with E-state index >= 15 is 0 Å². The first kappa shape index (κ1) is 9.98. The van der Waals surface area contributed by atoms with Crippen LogP contribution < -0.4 is 9.47 Å². The third kappa shape index (κ3) is 1.66. The number of halogens is 4. The van der Waals surface area contributed by atoms with Crippen LogP contribution in [0.25, 0.3) is 0 Å². The van der Waals surface area contributed by atoms with E-state index < -0.39 is 6.29 Å². The topological polar surface area (TPSA) is 18.5 Å². The molecule has 2 rings (SSSR count). The molecule has 1 aliphatic heterocycles. The lowest BCUT2D eigenvalue weighted by Crippen LogP contribution is -2.25. The zero-order chi connectivity index (χ0) is 10.3. The summed E-state index contributed by atoms with van der Waals surface area (Å²) >= 11 is 8.97. The van der Waals surface area contributed by atoms with Gasteiger partial charge in [-0.15, -0.1) is 8.78 Å². The Bertz CT molecular complexity index is 384. The first-order valence-electron chi connectivity index (χ1n) is 3.66. The van der Waals surface area contributed by atoms with E-state index in [4.69, 9.17) is 11.6 Å². The molecule has 1 aromatic carbocycles. The van der Waals surface area contributed by atoms with E-state index in [0.717, 1.165) is 0 Å². The van der Waals surface area contributed by atoms with E-state index in [0.29, 0.717) is 15.9 Å². The molecule has 1 heterocycles. The van der Waals surface area contributed by atoms with Crippen LogP contribution in [0.2, 0.25) is 5.02 Å². The summed E-state index contributed by atoms with van der Waals surface area (Å²) in [6, 6.07) is 2.74. The second-order valence-electron chi connectivity index (χ2n) is 2.69. The number of ether oxygens (including phenoxy) is 2. The number of alkyl halides is 3. The van der Waals surface area contributed by atoms with Crippen molar-refractivity contribution in [3.05, 3.63) is 22.7 Å². The van der Waals surface area contributed by atoms with Crippen molar-refractivity contribution in [3.8, 4) is 11.5 Å². The molecule has 0 spiro atoms. The summed E-state index contributed by atoms with van der Waals surface area (Å²) in [7, 11) is 0. The smallest absolute Gasteiger partial charge is 0.395 e. The van der Waals surface area contributed by atoms with Gasteiger partial charge in [0.05, 0.1) is 0 Å². The predicted molar refractivity (Wildman–Crippen MR) is 50.3 cm³/mol. The Kier molecular flexibility index (Phi) is 2.31. The van der Waals surface area contributed by atoms with Gasteiger partial charge in [0, 0.05) is 16.4 Å². The van der Waals surface area contributed by atoms with Crippen molar-refractivity contribution >= 4 is 27.5 Å². The van der Waals surface area contributed by atoms with E-state index in [1.54, 1.807) is 0 Å². The molecule has 1 aromatic rings. The molecule has 0 bridgehead atoms. The molecule has 1 aliphatic rings. The maximum atomic E-state index is 12.6. The van der Waals surface area contributed by atoms with Gasteiger partial charge < -0.3 is 9.47 Å². The minimum Gasteiger partial charge on any atom is -0.395 e. The van der Waals surface area contributed by atoms with Crippen LogP contribution in [-0.2, 0) is 5.33 Å². The summed E-state index contributed by atoms with van der Waals surface area (Å²) in [5, 5.41) is 0.829. The molecule has 0 radical (unpaired) electrons. The molecule has 0 unspecified atom stereocenters. The molecular weight excluding hydrogens is 281 g/mol. The predicted octanol–water partition coefficient (Wildman–Crippen LogP) is 3.56. The highest BCUT2D eigenvalue weighted by atomic mass is 79.9. The minimum absolute atomic E-state index is 0.00819. The lowest BCUT2D eigenvalue weighted by molar-refractivity contribution is -0.286. The first-order valence-corrected chi connectivity index (χ1v) is 5.16. The average Bonchev–Trinajstić information content (AvgIpc) is 2.36. The van der Waals surface area contributed by atoms with Gasteiger partial charge in [-0.05, 0) is 11.6 Å². The molecule has 6 heteroatoms. The Labute approximate surface area is 91.9 Å². The molecule has 0 saturated carbocycles. The molecule has 0 aliphatic carbocycles. The summed E-state index contributed by atoms with van der Waals surface area (Å²) in [6.07, 6.45) is -3.59. The van der Waals surface area contributed by atoms with Crippen molar-refractivity contribution in [1.82, 2.24) is 0 Å². The lowest BCUT2D eigenvalue weighted by atomic mass is 10.2. The SMILES string of the molecule is FC1(F)Oc2cc(Cl)c(CBr)cc2O1. The van der Waals surface area contributed by atoms with Crippen LogP contribution in [-0.4, -0.2) is 6.29 Å². The number of hydrogen-bond donors (Lipinski definition) is 0. The molecule has 0 fully saturated rings. The Morgan fingerprint density at radius 2 is 1.86 bits per heavy atom. The van der Waals surface area contributed by atoms with Crippen molar-refractivity contribution in [1.29, 1.82) is 0 Å². The Hall–Kier alpha value is -0.550. The van der Waals surface area contributed by atoms with Crippen LogP contribution in [0.1, 0.15) is 5.56 Å². The monoisotopic (exact) mass is 284 g/mol. The van der Waals surface area contributed by atoms with Gasteiger partial charge in [-0.25, -0.2) is 0 Å². The number of benzene rings is 1. The van der Waals surface area contributed by atoms with Crippen LogP contribution in [0.4, 0.5) is 8.78 Å². The molecule has 2 nitrogen and oxygen atoms in total. The van der Waals surface area contributed by atoms with Gasteiger partial charge in [0.15, 0.2) is 11.5 Å². The molecule has 0 amide bonds. The molecule has 0 N–H and O–H groups in total. The van der Waals surface area contributed by atoms with Gasteiger partial charge in [-0.3, -0.25) is 0 Å². The van der Waals surface area contributed by atoms with Gasteiger partial charge in [-0.2, -0.15) is 0 Å². The van der Waals surface area contributed by atoms with E-state index in [1.807, 2.05) is 0 Å². The number of hydrogen-bond acceptors (Lipinski definition) is 2. The van der Waals surface area contributed by atoms with Gasteiger partial charge >= 0.3 is 6.29 Å². The van der Waals surface area contributed by atoms with E-state index in [1.165, 1.54) is 12.1 Å². The zero-order valence-corrected chi connectivity index (χ0v) is 9.03. The Balaban J connectivity index is 2.44. The molecule has 0 saturated heterocycles. The van der Waals surface area contributed by atoms with Gasteiger partial charge in [0.1, 0.15) is 0 Å². The van der Waals surface area contributed by atoms with Gasteiger partial charge in [-0.1, -0.05) is 27.5 Å². The van der Waals surface area contributed by atoms with Crippen molar-refractivity contribution in [2.45, 2.75) is 11.6 Å². The summed E-state index contributed by atoms with van der Waals surface area (Å²) < 4.78 is 33.7. The normalized spacial score (nSPS) is 17.1. The minimum atomic E-state index is -3.59. The Morgan fingerprint density at radius 1 is 1.29 bits per heavy atom. The fourth-order valence-electron chi connectivity index (χ4n) is 1.12. The van der Waals surface area contributed by atoms with Crippen molar-refractivity contribution in [2.75, 3.05) is 0 Å². The van der Waals surface area contributed by atoms with Crippen LogP contribution in [0.3, 0.4) is 0 Å². The third-order valence-electron chi connectivity index (χ3n) is 1.71. The average molecular weight is 285 g/mol. The van der Waals surface area contributed by atoms with Crippen LogP contribution >= 0.6 is 27.5 Å². The fraction of sp³-hybridized carbons (Fsp3) is 0.250. The number of rotatable bonds is 1. The number of fused-ring (bicyclic) bond motifs is 1. The molecule has 14 heavy (non-hydrogen) atoms. The second-order valence-corrected chi connectivity index (χ2v) is 3.66. The summed E-state index contributed by atoms with van der Waals surface area (Å²) in [4.78, 5) is 0. The molecule has 0 aromatic heterocycles. The third-order valence-corrected chi connectivity index (χ3v) is 2.67. The van der Waals surface area contributed by atoms with Gasteiger partial charge in [0.2, 0.25) is 0 Å². The van der Waals surface area contributed by atoms with E-state index in [-0.39, 0.29) is 11.5 Å². The highest BCUT2D eigenvalue weighted by molar-refractivity contribution is 9.08. The van der Waals surface area contributed by atoms with Crippen molar-refractivity contribution in [2.24, 2.45) is 0 Å². The summed E-state index contributed by atoms with van der Waals surface area (Å²) in [5.74, 6) is -0.0291. The highest BCUT2D eigenvalue weighted by Crippen LogP contribution is 2.43. The quantitative estimate of drug-likeness (QED) is 0.735. The van der Waals surface area contributed by atoms with Crippen molar-refractivity contribution < 1.29 is 18.3 Å². The zero-order valence-electron chi connectivity index (χ0n) is 6.69. The first-order chi connectivity index (χ1) is 6.52. The molecule has 0 atom stereocenters. The van der Waals surface area contributed by atoms with Gasteiger partial charge in [0.25, 0.3) is 0 Å². The lowest BCUT2D eigenvalue weighted by Gasteiger charge is -2.04. The largest absolute Gasteiger partial charge is 0.586 e. The van der Waals surface area contributed by atoms with Crippen LogP contribution in [0, 0.1) is 0 Å². The van der Waals surface area contributed by atoms with E-state index in [2.05, 4.69) is 25.4 Å². The maximum absolute atomic E-state index is 12.6. The van der Waals surface area contributed by atoms with Crippen molar-refractivity contribution in [3.63, 3.8) is 0 Å². The fourth-order valence-corrected chi connectivity index (χ4v) is 1.96. The standard InChI is InChI=1S/C8H4BrClF2O2/c9-3-4-1-6-7(2-5(4)10)14-8(11,12)13-6/h1-2H,3H2. The summed E-state index contributed by atoms with van der Waals surface area (Å²) in [6.45, 7) is 0. The maximum Gasteiger partial charge on any atom is 0.586 e. The summed E-state index contributed by atoms with van der Waals surface area (Å²) in [5.41, 5.74) is 0.673. The highest BCUT2D eigenvalue weighted by Gasteiger charge is 2.43. The second kappa shape index (κ2) is 3.24. The Morgan fingerprint density at radius 3 is 2.43 bits per heavy atom.